The Hall–Kier alpha value is -2.73. The highest BCUT2D eigenvalue weighted by Gasteiger charge is 2.23. The molecule has 0 aliphatic carbocycles. The fraction of sp³-hybridized carbons (Fsp3) is 0.250. The lowest BCUT2D eigenvalue weighted by Crippen LogP contribution is -2.25. The second-order valence-corrected chi connectivity index (χ2v) is 7.35. The lowest BCUT2D eigenvalue weighted by Gasteiger charge is -2.16. The van der Waals surface area contributed by atoms with Crippen molar-refractivity contribution in [3.05, 3.63) is 54.1 Å². The van der Waals surface area contributed by atoms with Crippen LogP contribution in [0.15, 0.2) is 53.6 Å². The molecule has 0 aromatic heterocycles. The zero-order valence-electron chi connectivity index (χ0n) is 15.4. The molecule has 0 aliphatic heterocycles. The summed E-state index contributed by atoms with van der Waals surface area (Å²) in [6.45, 7) is 7.35. The van der Waals surface area contributed by atoms with Crippen LogP contribution in [0.25, 0.3) is 11.1 Å². The smallest absolute Gasteiger partial charge is 0.316 e. The summed E-state index contributed by atoms with van der Waals surface area (Å²) in [7, 11) is 0. The predicted molar refractivity (Wildman–Crippen MR) is 109 cm³/mol. The van der Waals surface area contributed by atoms with E-state index in [2.05, 4.69) is 10.5 Å². The van der Waals surface area contributed by atoms with Gasteiger partial charge in [-0.15, -0.1) is 0 Å². The summed E-state index contributed by atoms with van der Waals surface area (Å²) in [5.41, 5.74) is 11.2. The Morgan fingerprint density at radius 1 is 1.04 bits per heavy atom. The van der Waals surface area contributed by atoms with Crippen LogP contribution in [0, 0.1) is 5.41 Å². The van der Waals surface area contributed by atoms with Crippen molar-refractivity contribution >= 4 is 29.0 Å². The second kappa shape index (κ2) is 8.10. The minimum absolute atomic E-state index is 0.133. The van der Waals surface area contributed by atoms with Crippen LogP contribution in [0.3, 0.4) is 0 Å². The van der Waals surface area contributed by atoms with Crippen LogP contribution in [0.1, 0.15) is 33.3 Å². The molecule has 0 aliphatic rings. The number of hydrogen-bond acceptors (Lipinski definition) is 4. The number of nitrogens with zero attached hydrogens (tertiary/aromatic N) is 1. The van der Waals surface area contributed by atoms with Gasteiger partial charge in [-0.25, -0.2) is 0 Å². The normalized spacial score (nSPS) is 11.8. The molecule has 2 rings (SSSR count). The molecule has 0 unspecified atom stereocenters. The lowest BCUT2D eigenvalue weighted by atomic mass is 9.97. The van der Waals surface area contributed by atoms with Crippen molar-refractivity contribution in [1.29, 1.82) is 0 Å². The minimum Gasteiger partial charge on any atom is -0.426 e. The maximum absolute atomic E-state index is 11.9. The van der Waals surface area contributed by atoms with Gasteiger partial charge in [-0.1, -0.05) is 36.4 Å². The van der Waals surface area contributed by atoms with Crippen LogP contribution in [0.2, 0.25) is 0 Å². The van der Waals surface area contributed by atoms with Gasteiger partial charge in [0.15, 0.2) is 5.11 Å². The summed E-state index contributed by atoms with van der Waals surface area (Å²) < 4.78 is 5.38. The Morgan fingerprint density at radius 2 is 1.54 bits per heavy atom. The van der Waals surface area contributed by atoms with E-state index in [1.165, 1.54) is 0 Å². The number of benzene rings is 2. The molecule has 0 saturated carbocycles. The molecule has 3 N–H and O–H groups in total. The molecule has 5 nitrogen and oxygen atoms in total. The van der Waals surface area contributed by atoms with E-state index in [1.54, 1.807) is 12.1 Å². The van der Waals surface area contributed by atoms with Crippen molar-refractivity contribution in [2.45, 2.75) is 27.7 Å². The number of rotatable bonds is 4. The van der Waals surface area contributed by atoms with Gasteiger partial charge in [0.2, 0.25) is 0 Å². The number of ether oxygens (including phenoxy) is 1. The third-order valence-electron chi connectivity index (χ3n) is 3.65. The van der Waals surface area contributed by atoms with E-state index in [9.17, 15) is 4.79 Å². The van der Waals surface area contributed by atoms with Gasteiger partial charge in [0.1, 0.15) is 5.75 Å². The number of hydrazone groups is 1. The summed E-state index contributed by atoms with van der Waals surface area (Å²) in [5, 5.41) is 4.24. The summed E-state index contributed by atoms with van der Waals surface area (Å²) in [6, 6.07) is 15.4. The van der Waals surface area contributed by atoms with Crippen LogP contribution >= 0.6 is 12.2 Å². The van der Waals surface area contributed by atoms with E-state index in [1.807, 2.05) is 64.1 Å². The maximum atomic E-state index is 11.9. The highest BCUT2D eigenvalue weighted by atomic mass is 32.1. The average Bonchev–Trinajstić information content (AvgIpc) is 2.59. The minimum atomic E-state index is -0.531. The molecule has 0 bridgehead atoms. The number of carbonyl (C=O) groups is 1. The first-order chi connectivity index (χ1) is 12.2. The van der Waals surface area contributed by atoms with Crippen LogP contribution in [-0.2, 0) is 4.79 Å². The van der Waals surface area contributed by atoms with E-state index in [0.717, 1.165) is 22.4 Å². The molecule has 26 heavy (non-hydrogen) atoms. The highest BCUT2D eigenvalue weighted by molar-refractivity contribution is 7.80. The number of hydrogen-bond donors (Lipinski definition) is 2. The standard InChI is InChI=1S/C20H23N3O2S/c1-13(22-23-19(21)26)14-5-7-15(8-6-14)16-9-11-17(12-10-16)25-18(24)20(2,3)4/h5-12H,1-4H3,(H3,21,23,26)/b22-13+. The SMILES string of the molecule is C/C(=N\NC(N)=S)c1ccc(-c2ccc(OC(=O)C(C)(C)C)cc2)cc1. The van der Waals surface area contributed by atoms with E-state index in [4.69, 9.17) is 22.7 Å². The van der Waals surface area contributed by atoms with Gasteiger partial charge in [0, 0.05) is 0 Å². The van der Waals surface area contributed by atoms with E-state index >= 15 is 0 Å². The van der Waals surface area contributed by atoms with Crippen LogP contribution in [-0.4, -0.2) is 16.8 Å². The fourth-order valence-electron chi connectivity index (χ4n) is 2.08. The number of nitrogens with one attached hydrogen (secondary N) is 1. The number of carbonyl (C=O) groups excluding carboxylic acids is 1. The van der Waals surface area contributed by atoms with Crippen molar-refractivity contribution < 1.29 is 9.53 Å². The van der Waals surface area contributed by atoms with E-state index < -0.39 is 5.41 Å². The second-order valence-electron chi connectivity index (χ2n) is 6.91. The Morgan fingerprint density at radius 3 is 2.00 bits per heavy atom. The molecule has 0 saturated heterocycles. The van der Waals surface area contributed by atoms with E-state index in [0.29, 0.717) is 5.75 Å². The van der Waals surface area contributed by atoms with Crippen molar-refractivity contribution in [1.82, 2.24) is 5.43 Å². The molecular formula is C20H23N3O2S. The van der Waals surface area contributed by atoms with Gasteiger partial charge in [0.25, 0.3) is 0 Å². The lowest BCUT2D eigenvalue weighted by molar-refractivity contribution is -0.142. The molecule has 2 aromatic rings. The monoisotopic (exact) mass is 369 g/mol. The zero-order valence-corrected chi connectivity index (χ0v) is 16.2. The number of nitrogens with two attached hydrogens (primary N) is 1. The summed E-state index contributed by atoms with van der Waals surface area (Å²) in [4.78, 5) is 11.9. The maximum Gasteiger partial charge on any atom is 0.316 e. The molecule has 2 aromatic carbocycles. The van der Waals surface area contributed by atoms with Gasteiger partial charge < -0.3 is 10.5 Å². The molecule has 0 spiro atoms. The van der Waals surface area contributed by atoms with Gasteiger partial charge in [-0.05, 0) is 68.7 Å². The van der Waals surface area contributed by atoms with E-state index in [-0.39, 0.29) is 11.1 Å². The molecule has 0 fully saturated rings. The Kier molecular flexibility index (Phi) is 6.10. The molecule has 0 radical (unpaired) electrons. The third kappa shape index (κ3) is 5.39. The first kappa shape index (κ1) is 19.6. The van der Waals surface area contributed by atoms with Crippen molar-refractivity contribution in [3.8, 4) is 16.9 Å². The Bertz CT molecular complexity index is 820. The molecule has 0 amide bonds. The van der Waals surface area contributed by atoms with Gasteiger partial charge in [-0.2, -0.15) is 5.10 Å². The zero-order chi connectivity index (χ0) is 19.3. The van der Waals surface area contributed by atoms with Crippen molar-refractivity contribution in [3.63, 3.8) is 0 Å². The molecule has 0 atom stereocenters. The van der Waals surface area contributed by atoms with Crippen LogP contribution in [0.4, 0.5) is 0 Å². The van der Waals surface area contributed by atoms with Gasteiger partial charge in [0.05, 0.1) is 11.1 Å². The average molecular weight is 369 g/mol. The predicted octanol–water partition coefficient (Wildman–Crippen LogP) is 3.86. The number of esters is 1. The quantitative estimate of drug-likeness (QED) is 0.281. The summed E-state index contributed by atoms with van der Waals surface area (Å²) >= 11 is 4.73. The van der Waals surface area contributed by atoms with Crippen molar-refractivity contribution in [2.75, 3.05) is 0 Å². The molecular weight excluding hydrogens is 346 g/mol. The molecule has 136 valence electrons. The van der Waals surface area contributed by atoms with Gasteiger partial charge >= 0.3 is 5.97 Å². The van der Waals surface area contributed by atoms with Gasteiger partial charge in [-0.3, -0.25) is 10.2 Å². The van der Waals surface area contributed by atoms with Crippen LogP contribution < -0.4 is 15.9 Å². The first-order valence-electron chi connectivity index (χ1n) is 8.20. The third-order valence-corrected chi connectivity index (χ3v) is 3.74. The topological polar surface area (TPSA) is 76.7 Å². The Balaban J connectivity index is 2.11. The Labute approximate surface area is 159 Å². The highest BCUT2D eigenvalue weighted by Crippen LogP contribution is 2.25. The first-order valence-corrected chi connectivity index (χ1v) is 8.60. The molecule has 6 heteroatoms. The van der Waals surface area contributed by atoms with Crippen LogP contribution in [0.5, 0.6) is 5.75 Å². The summed E-state index contributed by atoms with van der Waals surface area (Å²) in [6.07, 6.45) is 0. The largest absolute Gasteiger partial charge is 0.426 e. The summed E-state index contributed by atoms with van der Waals surface area (Å²) in [5.74, 6) is 0.284. The van der Waals surface area contributed by atoms with Crippen molar-refractivity contribution in [2.24, 2.45) is 16.3 Å². The molecule has 0 heterocycles. The number of thiocarbonyl (C=S) groups is 1. The fourth-order valence-corrected chi connectivity index (χ4v) is 2.13.